The number of benzene rings is 1. The van der Waals surface area contributed by atoms with Crippen LogP contribution in [0.15, 0.2) is 50.4 Å². The maximum atomic E-state index is 12.5. The summed E-state index contributed by atoms with van der Waals surface area (Å²) in [5.74, 6) is 0.550. The van der Waals surface area contributed by atoms with Gasteiger partial charge in [0.2, 0.25) is 0 Å². The Morgan fingerprint density at radius 3 is 2.52 bits per heavy atom. The fourth-order valence-corrected chi connectivity index (χ4v) is 4.53. The molecule has 0 bridgehead atoms. The van der Waals surface area contributed by atoms with Crippen LogP contribution in [-0.4, -0.2) is 27.5 Å². The molecule has 2 aromatic rings. The number of hydrogen-bond donors (Lipinski definition) is 1. The minimum atomic E-state index is -3.70. The average Bonchev–Trinajstić information content (AvgIpc) is 2.37. The highest BCUT2D eigenvalue weighted by Crippen LogP contribution is 2.29. The highest BCUT2D eigenvalue weighted by Gasteiger charge is 2.20. The number of halogens is 2. The summed E-state index contributed by atoms with van der Waals surface area (Å²) in [5, 5.41) is 0. The largest absolute Gasteiger partial charge is 0.361 e. The van der Waals surface area contributed by atoms with Crippen molar-refractivity contribution >= 4 is 53.4 Å². The number of pyridine rings is 1. The molecule has 0 atom stereocenters. The van der Waals surface area contributed by atoms with Crippen molar-refractivity contribution in [3.8, 4) is 0 Å². The summed E-state index contributed by atoms with van der Waals surface area (Å²) >= 11 is 6.57. The molecule has 2 rings (SSSR count). The Kier molecular flexibility index (Phi) is 4.90. The monoisotopic (exact) mass is 433 g/mol. The summed E-state index contributed by atoms with van der Waals surface area (Å²) in [6.45, 7) is 0. The highest BCUT2D eigenvalue weighted by atomic mass is 79.9. The van der Waals surface area contributed by atoms with Gasteiger partial charge in [-0.05, 0) is 46.3 Å². The Balaban J connectivity index is 2.43. The zero-order chi connectivity index (χ0) is 15.6. The van der Waals surface area contributed by atoms with E-state index in [1.165, 1.54) is 6.07 Å². The molecule has 8 heteroatoms. The molecule has 0 saturated carbocycles. The van der Waals surface area contributed by atoms with E-state index in [0.717, 1.165) is 4.47 Å². The number of aromatic nitrogens is 1. The molecule has 112 valence electrons. The molecule has 1 heterocycles. The van der Waals surface area contributed by atoms with Gasteiger partial charge in [-0.3, -0.25) is 4.72 Å². The maximum Gasteiger partial charge on any atom is 0.263 e. The van der Waals surface area contributed by atoms with Gasteiger partial charge in [0.05, 0.1) is 5.69 Å². The fourth-order valence-electron chi connectivity index (χ4n) is 1.73. The minimum absolute atomic E-state index is 0.166. The van der Waals surface area contributed by atoms with Gasteiger partial charge in [-0.2, -0.15) is 0 Å². The first-order valence-electron chi connectivity index (χ1n) is 5.91. The zero-order valence-electron chi connectivity index (χ0n) is 11.3. The standard InChI is InChI=1S/C13H13Br2N3O2S/c1-18(2)13-11(4-3-7-16-13)17-21(19,20)12-6-5-9(14)8-10(12)15/h3-8,17H,1-2H3. The van der Waals surface area contributed by atoms with Gasteiger partial charge in [-0.15, -0.1) is 0 Å². The van der Waals surface area contributed by atoms with E-state index >= 15 is 0 Å². The number of hydrogen-bond acceptors (Lipinski definition) is 4. The van der Waals surface area contributed by atoms with Crippen molar-refractivity contribution in [3.05, 3.63) is 45.5 Å². The smallest absolute Gasteiger partial charge is 0.263 e. The number of rotatable bonds is 4. The van der Waals surface area contributed by atoms with E-state index in [-0.39, 0.29) is 4.90 Å². The Morgan fingerprint density at radius 2 is 1.90 bits per heavy atom. The van der Waals surface area contributed by atoms with Crippen molar-refractivity contribution in [2.45, 2.75) is 4.90 Å². The summed E-state index contributed by atoms with van der Waals surface area (Å²) in [4.78, 5) is 6.08. The van der Waals surface area contributed by atoms with Gasteiger partial charge >= 0.3 is 0 Å². The van der Waals surface area contributed by atoms with Crippen LogP contribution in [-0.2, 0) is 10.0 Å². The molecule has 0 aliphatic rings. The predicted molar refractivity (Wildman–Crippen MR) is 91.2 cm³/mol. The van der Waals surface area contributed by atoms with Crippen LogP contribution in [0.5, 0.6) is 0 Å². The molecule has 21 heavy (non-hydrogen) atoms. The molecule has 1 aromatic heterocycles. The number of nitrogens with one attached hydrogen (secondary N) is 1. The van der Waals surface area contributed by atoms with Gasteiger partial charge in [0.1, 0.15) is 4.90 Å². The third-order valence-electron chi connectivity index (χ3n) is 2.64. The van der Waals surface area contributed by atoms with Crippen LogP contribution >= 0.6 is 31.9 Å². The minimum Gasteiger partial charge on any atom is -0.361 e. The molecular formula is C13H13Br2N3O2S. The highest BCUT2D eigenvalue weighted by molar-refractivity contribution is 9.11. The third kappa shape index (κ3) is 3.75. The summed E-state index contributed by atoms with van der Waals surface area (Å²) in [6.07, 6.45) is 1.61. The molecule has 0 aliphatic heterocycles. The quantitative estimate of drug-likeness (QED) is 0.800. The van der Waals surface area contributed by atoms with E-state index in [1.54, 1.807) is 49.5 Å². The lowest BCUT2D eigenvalue weighted by atomic mass is 10.4. The van der Waals surface area contributed by atoms with Gasteiger partial charge in [-0.25, -0.2) is 13.4 Å². The second-order valence-corrected chi connectivity index (χ2v) is 7.87. The van der Waals surface area contributed by atoms with Crippen LogP contribution in [0.25, 0.3) is 0 Å². The Hall–Kier alpha value is -1.12. The van der Waals surface area contributed by atoms with E-state index in [2.05, 4.69) is 41.6 Å². The van der Waals surface area contributed by atoms with Crippen LogP contribution in [0.2, 0.25) is 0 Å². The summed E-state index contributed by atoms with van der Waals surface area (Å²) in [7, 11) is -0.0986. The van der Waals surface area contributed by atoms with Gasteiger partial charge < -0.3 is 4.90 Å². The molecule has 1 N–H and O–H groups in total. The maximum absolute atomic E-state index is 12.5. The van der Waals surface area contributed by atoms with E-state index < -0.39 is 10.0 Å². The van der Waals surface area contributed by atoms with Crippen LogP contribution in [0.3, 0.4) is 0 Å². The molecule has 0 aliphatic carbocycles. The lowest BCUT2D eigenvalue weighted by Crippen LogP contribution is -2.18. The third-order valence-corrected chi connectivity index (χ3v) is 5.47. The molecule has 0 radical (unpaired) electrons. The molecule has 5 nitrogen and oxygen atoms in total. The molecule has 0 fully saturated rings. The van der Waals surface area contributed by atoms with E-state index in [0.29, 0.717) is 16.0 Å². The van der Waals surface area contributed by atoms with Crippen molar-refractivity contribution in [1.29, 1.82) is 0 Å². The van der Waals surface area contributed by atoms with Gasteiger partial charge in [-0.1, -0.05) is 15.9 Å². The SMILES string of the molecule is CN(C)c1ncccc1NS(=O)(=O)c1ccc(Br)cc1Br. The first-order valence-corrected chi connectivity index (χ1v) is 8.98. The van der Waals surface area contributed by atoms with Crippen molar-refractivity contribution in [2.75, 3.05) is 23.7 Å². The molecule has 0 spiro atoms. The van der Waals surface area contributed by atoms with E-state index in [9.17, 15) is 8.42 Å². The molecule has 0 unspecified atom stereocenters. The Labute approximate surface area is 140 Å². The van der Waals surface area contributed by atoms with Gasteiger partial charge in [0.15, 0.2) is 5.82 Å². The van der Waals surface area contributed by atoms with Crippen molar-refractivity contribution in [1.82, 2.24) is 4.98 Å². The predicted octanol–water partition coefficient (Wildman–Crippen LogP) is 3.47. The van der Waals surface area contributed by atoms with Crippen molar-refractivity contribution < 1.29 is 8.42 Å². The van der Waals surface area contributed by atoms with Crippen LogP contribution in [0, 0.1) is 0 Å². The van der Waals surface area contributed by atoms with Crippen molar-refractivity contribution in [2.24, 2.45) is 0 Å². The first-order chi connectivity index (χ1) is 9.81. The topological polar surface area (TPSA) is 62.3 Å². The van der Waals surface area contributed by atoms with Crippen LogP contribution in [0.1, 0.15) is 0 Å². The first kappa shape index (κ1) is 16.3. The summed E-state index contributed by atoms with van der Waals surface area (Å²) in [6, 6.07) is 8.25. The second-order valence-electron chi connectivity index (χ2n) is 4.45. The Morgan fingerprint density at radius 1 is 1.19 bits per heavy atom. The second kappa shape index (κ2) is 6.33. The lowest BCUT2D eigenvalue weighted by molar-refractivity contribution is 0.600. The number of sulfonamides is 1. The number of nitrogens with zero attached hydrogens (tertiary/aromatic N) is 2. The summed E-state index contributed by atoms with van der Waals surface area (Å²) in [5.41, 5.74) is 0.428. The molecule has 0 amide bonds. The average molecular weight is 435 g/mol. The normalized spacial score (nSPS) is 11.2. The van der Waals surface area contributed by atoms with Gasteiger partial charge in [0.25, 0.3) is 10.0 Å². The number of anilines is 2. The summed E-state index contributed by atoms with van der Waals surface area (Å²) < 4.78 is 28.9. The molecule has 1 aromatic carbocycles. The lowest BCUT2D eigenvalue weighted by Gasteiger charge is -2.17. The van der Waals surface area contributed by atoms with E-state index in [1.807, 2.05) is 0 Å². The van der Waals surface area contributed by atoms with Crippen molar-refractivity contribution in [3.63, 3.8) is 0 Å². The fraction of sp³-hybridized carbons (Fsp3) is 0.154. The van der Waals surface area contributed by atoms with Gasteiger partial charge in [0, 0.05) is 29.2 Å². The molecular weight excluding hydrogens is 422 g/mol. The molecule has 0 saturated heterocycles. The zero-order valence-corrected chi connectivity index (χ0v) is 15.3. The van der Waals surface area contributed by atoms with Crippen LogP contribution < -0.4 is 9.62 Å². The van der Waals surface area contributed by atoms with Crippen LogP contribution in [0.4, 0.5) is 11.5 Å². The van der Waals surface area contributed by atoms with E-state index in [4.69, 9.17) is 0 Å². The Bertz CT molecular complexity index is 764.